The van der Waals surface area contributed by atoms with Crippen LogP contribution in [0.2, 0.25) is 0 Å². The molecule has 0 atom stereocenters. The lowest BCUT2D eigenvalue weighted by Gasteiger charge is -2.10. The summed E-state index contributed by atoms with van der Waals surface area (Å²) in [4.78, 5) is 11.0. The van der Waals surface area contributed by atoms with E-state index in [1.165, 1.54) is 11.1 Å². The Kier molecular flexibility index (Phi) is 3.47. The zero-order valence-electron chi connectivity index (χ0n) is 10.9. The highest BCUT2D eigenvalue weighted by Crippen LogP contribution is 2.28. The highest BCUT2D eigenvalue weighted by atomic mass is 16.5. The van der Waals surface area contributed by atoms with Gasteiger partial charge in [0.2, 0.25) is 0 Å². The number of carbonyl (C=O) groups excluding carboxylic acids is 1. The van der Waals surface area contributed by atoms with Crippen LogP contribution in [0.5, 0.6) is 5.75 Å². The third-order valence-corrected chi connectivity index (χ3v) is 3.06. The van der Waals surface area contributed by atoms with Crippen LogP contribution in [0.3, 0.4) is 0 Å². The molecule has 0 aliphatic heterocycles. The van der Waals surface area contributed by atoms with E-state index in [0.717, 1.165) is 17.4 Å². The van der Waals surface area contributed by atoms with Gasteiger partial charge in [-0.05, 0) is 42.7 Å². The molecule has 2 aromatic carbocycles. The number of ether oxygens (including phenoxy) is 1. The number of aryl methyl sites for hydroxylation is 2. The molecule has 92 valence electrons. The van der Waals surface area contributed by atoms with Crippen molar-refractivity contribution in [2.24, 2.45) is 0 Å². The maximum atomic E-state index is 11.0. The van der Waals surface area contributed by atoms with Gasteiger partial charge in [0.05, 0.1) is 12.7 Å². The van der Waals surface area contributed by atoms with Crippen LogP contribution >= 0.6 is 0 Å². The molecule has 0 spiro atoms. The Balaban J connectivity index is 2.57. The fraction of sp³-hybridized carbons (Fsp3) is 0.188. The number of benzene rings is 2. The van der Waals surface area contributed by atoms with Crippen molar-refractivity contribution in [1.29, 1.82) is 0 Å². The minimum atomic E-state index is 0.580. The van der Waals surface area contributed by atoms with E-state index in [1.54, 1.807) is 7.11 Å². The Morgan fingerprint density at radius 2 is 1.83 bits per heavy atom. The van der Waals surface area contributed by atoms with Crippen molar-refractivity contribution in [3.63, 3.8) is 0 Å². The van der Waals surface area contributed by atoms with Gasteiger partial charge in [-0.3, -0.25) is 4.79 Å². The molecule has 0 saturated heterocycles. The minimum Gasteiger partial charge on any atom is -0.496 e. The van der Waals surface area contributed by atoms with Gasteiger partial charge in [0.1, 0.15) is 5.75 Å². The second-order valence-corrected chi connectivity index (χ2v) is 4.39. The van der Waals surface area contributed by atoms with Crippen LogP contribution in [-0.2, 0) is 0 Å². The average Bonchev–Trinajstić information content (AvgIpc) is 2.40. The molecule has 0 heterocycles. The molecule has 0 aromatic heterocycles. The summed E-state index contributed by atoms with van der Waals surface area (Å²) >= 11 is 0. The Morgan fingerprint density at radius 1 is 1.06 bits per heavy atom. The largest absolute Gasteiger partial charge is 0.496 e. The highest BCUT2D eigenvalue weighted by molar-refractivity contribution is 5.83. The van der Waals surface area contributed by atoms with Crippen molar-refractivity contribution in [3.05, 3.63) is 53.1 Å². The molecule has 0 saturated carbocycles. The molecule has 0 N–H and O–H groups in total. The first kappa shape index (κ1) is 12.4. The first-order valence-electron chi connectivity index (χ1n) is 5.86. The number of hydrogen-bond acceptors (Lipinski definition) is 2. The van der Waals surface area contributed by atoms with Crippen LogP contribution in [0.15, 0.2) is 36.4 Å². The fourth-order valence-corrected chi connectivity index (χ4v) is 2.04. The summed E-state index contributed by atoms with van der Waals surface area (Å²) in [7, 11) is 1.57. The average molecular weight is 240 g/mol. The molecular formula is C16H16O2. The van der Waals surface area contributed by atoms with E-state index in [0.29, 0.717) is 11.3 Å². The molecule has 2 aromatic rings. The number of aldehydes is 1. The number of carbonyl (C=O) groups is 1. The molecule has 0 bridgehead atoms. The van der Waals surface area contributed by atoms with E-state index in [1.807, 2.05) is 18.2 Å². The molecule has 0 radical (unpaired) electrons. The van der Waals surface area contributed by atoms with Crippen LogP contribution in [-0.4, -0.2) is 13.4 Å². The Morgan fingerprint density at radius 3 is 2.50 bits per heavy atom. The Labute approximate surface area is 107 Å². The van der Waals surface area contributed by atoms with E-state index < -0.39 is 0 Å². The highest BCUT2D eigenvalue weighted by Gasteiger charge is 2.07. The molecule has 0 fully saturated rings. The molecule has 18 heavy (non-hydrogen) atoms. The first-order valence-corrected chi connectivity index (χ1v) is 5.86. The monoisotopic (exact) mass is 240 g/mol. The Bertz CT molecular complexity index is 586. The maximum absolute atomic E-state index is 11.0. The quantitative estimate of drug-likeness (QED) is 0.763. The van der Waals surface area contributed by atoms with Crippen LogP contribution < -0.4 is 4.74 Å². The molecule has 2 rings (SSSR count). The topological polar surface area (TPSA) is 26.3 Å². The number of methoxy groups -OCH3 is 1. The van der Waals surface area contributed by atoms with Gasteiger partial charge in [-0.15, -0.1) is 0 Å². The van der Waals surface area contributed by atoms with E-state index in [9.17, 15) is 4.79 Å². The lowest BCUT2D eigenvalue weighted by atomic mass is 9.97. The smallest absolute Gasteiger partial charge is 0.153 e. The molecule has 0 aliphatic carbocycles. The third kappa shape index (κ3) is 2.28. The van der Waals surface area contributed by atoms with Gasteiger partial charge in [0, 0.05) is 0 Å². The van der Waals surface area contributed by atoms with Gasteiger partial charge < -0.3 is 4.74 Å². The zero-order chi connectivity index (χ0) is 13.1. The molecule has 0 unspecified atom stereocenters. The number of rotatable bonds is 3. The van der Waals surface area contributed by atoms with Gasteiger partial charge in [-0.25, -0.2) is 0 Å². The predicted octanol–water partition coefficient (Wildman–Crippen LogP) is 3.79. The molecule has 2 nitrogen and oxygen atoms in total. The second-order valence-electron chi connectivity index (χ2n) is 4.39. The maximum Gasteiger partial charge on any atom is 0.153 e. The van der Waals surface area contributed by atoms with Gasteiger partial charge >= 0.3 is 0 Å². The van der Waals surface area contributed by atoms with Crippen LogP contribution in [0.25, 0.3) is 11.1 Å². The van der Waals surface area contributed by atoms with Crippen LogP contribution in [0.4, 0.5) is 0 Å². The third-order valence-electron chi connectivity index (χ3n) is 3.06. The van der Waals surface area contributed by atoms with Crippen LogP contribution in [0.1, 0.15) is 21.5 Å². The SMILES string of the molecule is COc1ccc(-c2cc(C)ccc2C)cc1C=O. The summed E-state index contributed by atoms with van der Waals surface area (Å²) in [6.45, 7) is 4.13. The summed E-state index contributed by atoms with van der Waals surface area (Å²) in [6.07, 6.45) is 0.827. The molecule has 2 heteroatoms. The van der Waals surface area contributed by atoms with Gasteiger partial charge in [0.25, 0.3) is 0 Å². The van der Waals surface area contributed by atoms with Crippen molar-refractivity contribution in [2.75, 3.05) is 7.11 Å². The summed E-state index contributed by atoms with van der Waals surface area (Å²) in [6, 6.07) is 12.0. The van der Waals surface area contributed by atoms with E-state index >= 15 is 0 Å². The summed E-state index contributed by atoms with van der Waals surface area (Å²) in [5.41, 5.74) is 5.18. The Hall–Kier alpha value is -2.09. The van der Waals surface area contributed by atoms with Gasteiger partial charge in [-0.1, -0.05) is 29.8 Å². The van der Waals surface area contributed by atoms with Crippen molar-refractivity contribution in [1.82, 2.24) is 0 Å². The van der Waals surface area contributed by atoms with E-state index in [2.05, 4.69) is 32.0 Å². The molecular weight excluding hydrogens is 224 g/mol. The standard InChI is InChI=1S/C16H16O2/c1-11-4-5-12(2)15(8-11)13-6-7-16(18-3)14(9-13)10-17/h4-10H,1-3H3. The summed E-state index contributed by atoms with van der Waals surface area (Å²) < 4.78 is 5.15. The predicted molar refractivity (Wildman–Crippen MR) is 73.3 cm³/mol. The zero-order valence-corrected chi connectivity index (χ0v) is 10.9. The van der Waals surface area contributed by atoms with Gasteiger partial charge in [0.15, 0.2) is 6.29 Å². The van der Waals surface area contributed by atoms with Gasteiger partial charge in [-0.2, -0.15) is 0 Å². The summed E-state index contributed by atoms with van der Waals surface area (Å²) in [5.74, 6) is 0.610. The number of hydrogen-bond donors (Lipinski definition) is 0. The van der Waals surface area contributed by atoms with Crippen molar-refractivity contribution < 1.29 is 9.53 Å². The minimum absolute atomic E-state index is 0.580. The fourth-order valence-electron chi connectivity index (χ4n) is 2.04. The van der Waals surface area contributed by atoms with E-state index in [4.69, 9.17) is 4.74 Å². The van der Waals surface area contributed by atoms with Crippen molar-refractivity contribution in [3.8, 4) is 16.9 Å². The normalized spacial score (nSPS) is 10.2. The van der Waals surface area contributed by atoms with Crippen molar-refractivity contribution in [2.45, 2.75) is 13.8 Å². The second kappa shape index (κ2) is 5.05. The first-order chi connectivity index (χ1) is 8.65. The van der Waals surface area contributed by atoms with Crippen LogP contribution in [0, 0.1) is 13.8 Å². The lowest BCUT2D eigenvalue weighted by molar-refractivity contribution is 0.112. The molecule has 0 aliphatic rings. The lowest BCUT2D eigenvalue weighted by Crippen LogP contribution is -1.92. The molecule has 0 amide bonds. The van der Waals surface area contributed by atoms with E-state index in [-0.39, 0.29) is 0 Å². The summed E-state index contributed by atoms with van der Waals surface area (Å²) in [5, 5.41) is 0. The van der Waals surface area contributed by atoms with Crippen molar-refractivity contribution >= 4 is 6.29 Å².